The third kappa shape index (κ3) is 2.98. The lowest BCUT2D eigenvalue weighted by Gasteiger charge is -2.34. The number of hydrogen-bond donors (Lipinski definition) is 0. The van der Waals surface area contributed by atoms with Crippen molar-refractivity contribution in [3.05, 3.63) is 54.4 Å². The molecule has 2 fully saturated rings. The summed E-state index contributed by atoms with van der Waals surface area (Å²) in [4.78, 5) is 26.1. The second-order valence-corrected chi connectivity index (χ2v) is 7.46. The van der Waals surface area contributed by atoms with Crippen LogP contribution in [0.3, 0.4) is 0 Å². The topological polar surface area (TPSA) is 67.8 Å². The maximum Gasteiger partial charge on any atom is 0.244 e. The lowest BCUT2D eigenvalue weighted by atomic mass is 10.1. The summed E-state index contributed by atoms with van der Waals surface area (Å²) in [5.41, 5.74) is 3.68. The number of ether oxygens (including phenoxy) is 2. The molecule has 0 spiro atoms. The minimum atomic E-state index is -0.117. The van der Waals surface area contributed by atoms with Crippen LogP contribution in [0, 0.1) is 0 Å². The van der Waals surface area contributed by atoms with Gasteiger partial charge in [0.15, 0.2) is 0 Å². The van der Waals surface area contributed by atoms with Gasteiger partial charge < -0.3 is 14.4 Å². The van der Waals surface area contributed by atoms with E-state index in [0.717, 1.165) is 41.8 Å². The third-order valence-electron chi connectivity index (χ3n) is 5.83. The molecule has 3 aromatic rings. The highest BCUT2D eigenvalue weighted by Gasteiger charge is 2.50. The number of fused-ring (bicyclic) bond motifs is 3. The van der Waals surface area contributed by atoms with Crippen LogP contribution in [-0.2, 0) is 11.3 Å². The van der Waals surface area contributed by atoms with Crippen molar-refractivity contribution < 1.29 is 14.3 Å². The minimum absolute atomic E-state index is 0.117. The Balaban J connectivity index is 1.38. The highest BCUT2D eigenvalue weighted by molar-refractivity contribution is 6.02. The van der Waals surface area contributed by atoms with E-state index in [9.17, 15) is 4.79 Å². The largest absolute Gasteiger partial charge is 0.497 e. The number of nitrogens with zero attached hydrogens (tertiary/aromatic N) is 4. The zero-order chi connectivity index (χ0) is 20.0. The lowest BCUT2D eigenvalue weighted by Crippen LogP contribution is -2.50. The monoisotopic (exact) mass is 390 g/mol. The van der Waals surface area contributed by atoms with E-state index >= 15 is 0 Å². The zero-order valence-electron chi connectivity index (χ0n) is 16.4. The van der Waals surface area contributed by atoms with E-state index in [1.807, 2.05) is 29.2 Å². The molecule has 0 N–H and O–H groups in total. The molecule has 0 aliphatic carbocycles. The van der Waals surface area contributed by atoms with Gasteiger partial charge in [-0.05, 0) is 36.2 Å². The van der Waals surface area contributed by atoms with Crippen molar-refractivity contribution in [2.75, 3.05) is 25.7 Å². The predicted molar refractivity (Wildman–Crippen MR) is 109 cm³/mol. The smallest absolute Gasteiger partial charge is 0.244 e. The molecule has 0 unspecified atom stereocenters. The van der Waals surface area contributed by atoms with Crippen molar-refractivity contribution in [1.29, 1.82) is 0 Å². The number of likely N-dealkylation sites (tertiary alicyclic amines) is 1. The van der Waals surface area contributed by atoms with Crippen LogP contribution in [0.4, 0.5) is 5.69 Å². The SMILES string of the molecule is COc1ccc(OC)c(N2C(=O)[C@@H]3C[C@H]2CN3Cc2ccc3nccnc3c2)c1. The predicted octanol–water partition coefficient (Wildman–Crippen LogP) is 2.64. The summed E-state index contributed by atoms with van der Waals surface area (Å²) in [5.74, 6) is 1.52. The normalized spacial score (nSPS) is 21.2. The molecule has 2 aromatic carbocycles. The molecule has 5 rings (SSSR count). The Morgan fingerprint density at radius 2 is 1.86 bits per heavy atom. The lowest BCUT2D eigenvalue weighted by molar-refractivity contribution is -0.122. The van der Waals surface area contributed by atoms with Gasteiger partial charge in [0.25, 0.3) is 0 Å². The fourth-order valence-corrected chi connectivity index (χ4v) is 4.48. The van der Waals surface area contributed by atoms with Gasteiger partial charge in [-0.15, -0.1) is 0 Å². The van der Waals surface area contributed by atoms with Crippen LogP contribution in [-0.4, -0.2) is 53.6 Å². The first-order chi connectivity index (χ1) is 14.2. The molecule has 1 aromatic heterocycles. The van der Waals surface area contributed by atoms with Crippen LogP contribution in [0.1, 0.15) is 12.0 Å². The number of hydrogen-bond acceptors (Lipinski definition) is 6. The van der Waals surface area contributed by atoms with E-state index in [4.69, 9.17) is 9.47 Å². The number of benzene rings is 2. The van der Waals surface area contributed by atoms with E-state index in [0.29, 0.717) is 11.5 Å². The Labute approximate surface area is 168 Å². The molecule has 2 bridgehead atoms. The quantitative estimate of drug-likeness (QED) is 0.667. The number of carbonyl (C=O) groups excluding carboxylic acids is 1. The van der Waals surface area contributed by atoms with Crippen LogP contribution in [0.15, 0.2) is 48.8 Å². The third-order valence-corrected chi connectivity index (χ3v) is 5.83. The number of aromatic nitrogens is 2. The second kappa shape index (κ2) is 7.00. The Morgan fingerprint density at radius 1 is 1.03 bits per heavy atom. The van der Waals surface area contributed by atoms with E-state index in [2.05, 4.69) is 27.0 Å². The molecular weight excluding hydrogens is 368 g/mol. The molecule has 0 radical (unpaired) electrons. The van der Waals surface area contributed by atoms with Crippen molar-refractivity contribution in [2.24, 2.45) is 0 Å². The van der Waals surface area contributed by atoms with Crippen molar-refractivity contribution in [1.82, 2.24) is 14.9 Å². The summed E-state index contributed by atoms with van der Waals surface area (Å²) < 4.78 is 10.9. The molecular formula is C22H22N4O3. The Kier molecular flexibility index (Phi) is 4.32. The summed E-state index contributed by atoms with van der Waals surface area (Å²) in [6.45, 7) is 1.55. The van der Waals surface area contributed by atoms with Gasteiger partial charge in [-0.1, -0.05) is 6.07 Å². The molecule has 7 heteroatoms. The van der Waals surface area contributed by atoms with Crippen molar-refractivity contribution in [3.8, 4) is 11.5 Å². The van der Waals surface area contributed by atoms with Gasteiger partial charge in [-0.25, -0.2) is 0 Å². The fraction of sp³-hybridized carbons (Fsp3) is 0.318. The van der Waals surface area contributed by atoms with Crippen LogP contribution in [0.2, 0.25) is 0 Å². The van der Waals surface area contributed by atoms with Gasteiger partial charge in [0.05, 0.1) is 43.0 Å². The van der Waals surface area contributed by atoms with Crippen LogP contribution < -0.4 is 14.4 Å². The molecule has 7 nitrogen and oxygen atoms in total. The Hall–Kier alpha value is -3.19. The van der Waals surface area contributed by atoms with E-state index in [-0.39, 0.29) is 18.0 Å². The fourth-order valence-electron chi connectivity index (χ4n) is 4.48. The van der Waals surface area contributed by atoms with Crippen LogP contribution >= 0.6 is 0 Å². The van der Waals surface area contributed by atoms with Gasteiger partial charge in [0, 0.05) is 31.5 Å². The average Bonchev–Trinajstić information content (AvgIpc) is 3.30. The first-order valence-corrected chi connectivity index (χ1v) is 9.66. The second-order valence-electron chi connectivity index (χ2n) is 7.46. The molecule has 29 heavy (non-hydrogen) atoms. The summed E-state index contributed by atoms with van der Waals surface area (Å²) in [6, 6.07) is 11.7. The number of methoxy groups -OCH3 is 2. The number of rotatable bonds is 5. The van der Waals surface area contributed by atoms with Gasteiger partial charge in [0.2, 0.25) is 5.91 Å². The first-order valence-electron chi connectivity index (χ1n) is 9.66. The van der Waals surface area contributed by atoms with Gasteiger partial charge in [-0.2, -0.15) is 0 Å². The molecule has 2 atom stereocenters. The molecule has 1 amide bonds. The van der Waals surface area contributed by atoms with Crippen molar-refractivity contribution >= 4 is 22.6 Å². The number of anilines is 1. The maximum absolute atomic E-state index is 13.2. The maximum atomic E-state index is 13.2. The molecule has 3 heterocycles. The molecule has 148 valence electrons. The van der Waals surface area contributed by atoms with Crippen LogP contribution in [0.5, 0.6) is 11.5 Å². The van der Waals surface area contributed by atoms with Crippen molar-refractivity contribution in [2.45, 2.75) is 25.0 Å². The standard InChI is InChI=1S/C22H22N4O3/c1-28-16-4-6-21(29-2)19(11-16)26-15-10-20(22(26)27)25(13-15)12-14-3-5-17-18(9-14)24-8-7-23-17/h3-9,11,15,20H,10,12-13H2,1-2H3/t15-,20-/m0/s1. The summed E-state index contributed by atoms with van der Waals surface area (Å²) in [7, 11) is 3.25. The summed E-state index contributed by atoms with van der Waals surface area (Å²) in [5, 5.41) is 0. The molecule has 2 aliphatic rings. The van der Waals surface area contributed by atoms with E-state index < -0.39 is 0 Å². The molecule has 2 saturated heterocycles. The number of piperazine rings is 1. The van der Waals surface area contributed by atoms with Crippen molar-refractivity contribution in [3.63, 3.8) is 0 Å². The average molecular weight is 390 g/mol. The summed E-state index contributed by atoms with van der Waals surface area (Å²) in [6.07, 6.45) is 4.22. The van der Waals surface area contributed by atoms with E-state index in [1.54, 1.807) is 26.6 Å². The number of amides is 1. The Bertz CT molecular complexity index is 1090. The Morgan fingerprint density at radius 3 is 2.62 bits per heavy atom. The van der Waals surface area contributed by atoms with Crippen LogP contribution in [0.25, 0.3) is 11.0 Å². The first kappa shape index (κ1) is 17.9. The highest BCUT2D eigenvalue weighted by Crippen LogP contribution is 2.41. The molecule has 2 aliphatic heterocycles. The van der Waals surface area contributed by atoms with Gasteiger partial charge in [0.1, 0.15) is 11.5 Å². The number of carbonyl (C=O) groups is 1. The minimum Gasteiger partial charge on any atom is -0.497 e. The zero-order valence-corrected chi connectivity index (χ0v) is 16.4. The highest BCUT2D eigenvalue weighted by atomic mass is 16.5. The van der Waals surface area contributed by atoms with E-state index in [1.165, 1.54) is 0 Å². The van der Waals surface area contributed by atoms with Gasteiger partial charge >= 0.3 is 0 Å². The molecule has 0 saturated carbocycles. The summed E-state index contributed by atoms with van der Waals surface area (Å²) >= 11 is 0. The van der Waals surface area contributed by atoms with Gasteiger partial charge in [-0.3, -0.25) is 19.7 Å².